The number of carbonyl (C=O) groups is 1. The maximum absolute atomic E-state index is 12.8. The van der Waals surface area contributed by atoms with Crippen LogP contribution in [0.2, 0.25) is 0 Å². The van der Waals surface area contributed by atoms with E-state index in [-0.39, 0.29) is 11.5 Å². The fourth-order valence-corrected chi connectivity index (χ4v) is 4.15. The zero-order chi connectivity index (χ0) is 17.2. The lowest BCUT2D eigenvalue weighted by Crippen LogP contribution is -2.40. The first-order chi connectivity index (χ1) is 11.4. The van der Waals surface area contributed by atoms with Crippen molar-refractivity contribution in [2.45, 2.75) is 83.6 Å². The Balaban J connectivity index is 1.58. The van der Waals surface area contributed by atoms with Crippen molar-refractivity contribution in [2.24, 2.45) is 5.92 Å². The quantitative estimate of drug-likeness (QED) is 0.813. The average Bonchev–Trinajstić information content (AvgIpc) is 3.17. The Hall–Kier alpha value is -1.16. The van der Waals surface area contributed by atoms with Crippen LogP contribution in [-0.4, -0.2) is 35.0 Å². The summed E-state index contributed by atoms with van der Waals surface area (Å²) in [5.74, 6) is 1.82. The van der Waals surface area contributed by atoms with E-state index in [1.54, 1.807) is 0 Å². The number of ketones is 1. The zero-order valence-corrected chi connectivity index (χ0v) is 15.5. The van der Waals surface area contributed by atoms with Gasteiger partial charge in [0.25, 0.3) is 0 Å². The highest BCUT2D eigenvalue weighted by Gasteiger charge is 2.33. The zero-order valence-electron chi connectivity index (χ0n) is 15.5. The van der Waals surface area contributed by atoms with Gasteiger partial charge in [0.2, 0.25) is 0 Å². The molecule has 1 saturated carbocycles. The highest BCUT2D eigenvalue weighted by molar-refractivity contribution is 5.85. The Morgan fingerprint density at radius 3 is 2.62 bits per heavy atom. The number of Topliss-reactive ketones (excluding diaryl/α,β-unsaturated/α-hetero) is 1. The summed E-state index contributed by atoms with van der Waals surface area (Å²) < 4.78 is 5.42. The van der Waals surface area contributed by atoms with Crippen molar-refractivity contribution in [1.29, 1.82) is 0 Å². The second-order valence-electron chi connectivity index (χ2n) is 8.73. The minimum atomic E-state index is -0.0365. The van der Waals surface area contributed by atoms with Crippen molar-refractivity contribution in [3.63, 3.8) is 0 Å². The molecule has 0 bridgehead atoms. The smallest absolute Gasteiger partial charge is 0.157 e. The summed E-state index contributed by atoms with van der Waals surface area (Å²) in [6.45, 7) is 8.52. The van der Waals surface area contributed by atoms with Crippen molar-refractivity contribution < 1.29 is 9.32 Å². The third kappa shape index (κ3) is 4.27. The van der Waals surface area contributed by atoms with E-state index in [1.165, 1.54) is 32.1 Å². The molecule has 0 radical (unpaired) electrons. The fraction of sp³-hybridized carbons (Fsp3) is 0.800. The molecule has 3 rings (SSSR count). The average molecular weight is 332 g/mol. The molecule has 134 valence electrons. The van der Waals surface area contributed by atoms with Gasteiger partial charge >= 0.3 is 0 Å². The lowest BCUT2D eigenvalue weighted by Gasteiger charge is -2.30. The Morgan fingerprint density at radius 1 is 1.21 bits per heavy atom. The van der Waals surface area contributed by atoms with Gasteiger partial charge < -0.3 is 4.52 Å². The summed E-state index contributed by atoms with van der Waals surface area (Å²) in [5, 5.41) is 4.14. The van der Waals surface area contributed by atoms with Gasteiger partial charge in [-0.15, -0.1) is 0 Å². The number of hydrogen-bond acceptors (Lipinski definition) is 4. The van der Waals surface area contributed by atoms with Crippen LogP contribution >= 0.6 is 0 Å². The molecule has 2 aliphatic rings. The minimum absolute atomic E-state index is 0.0365. The third-order valence-electron chi connectivity index (χ3n) is 5.63. The molecule has 4 heteroatoms. The van der Waals surface area contributed by atoms with Crippen LogP contribution in [0.1, 0.15) is 77.2 Å². The lowest BCUT2D eigenvalue weighted by molar-refractivity contribution is -0.123. The first-order valence-electron chi connectivity index (χ1n) is 9.66. The van der Waals surface area contributed by atoms with E-state index in [0.29, 0.717) is 12.2 Å². The number of likely N-dealkylation sites (tertiary alicyclic amines) is 1. The molecule has 1 aromatic heterocycles. The van der Waals surface area contributed by atoms with Gasteiger partial charge in [-0.25, -0.2) is 0 Å². The maximum atomic E-state index is 12.8. The van der Waals surface area contributed by atoms with Gasteiger partial charge in [0, 0.05) is 18.0 Å². The number of hydrogen-bond donors (Lipinski definition) is 0. The Kier molecular flexibility index (Phi) is 5.43. The highest BCUT2D eigenvalue weighted by atomic mass is 16.5. The Morgan fingerprint density at radius 2 is 1.96 bits per heavy atom. The maximum Gasteiger partial charge on any atom is 0.157 e. The molecule has 0 spiro atoms. The van der Waals surface area contributed by atoms with Crippen molar-refractivity contribution in [3.8, 4) is 0 Å². The molecule has 24 heavy (non-hydrogen) atoms. The Bertz CT molecular complexity index is 552. The van der Waals surface area contributed by atoms with Crippen molar-refractivity contribution >= 4 is 5.78 Å². The molecular formula is C20H32N2O2. The molecule has 0 unspecified atom stereocenters. The molecule has 1 atom stereocenters. The number of carbonyl (C=O) groups excluding carboxylic acids is 1. The number of rotatable bonds is 5. The summed E-state index contributed by atoms with van der Waals surface area (Å²) in [6, 6.07) is 2.05. The van der Waals surface area contributed by atoms with Crippen LogP contribution in [0.25, 0.3) is 0 Å². The van der Waals surface area contributed by atoms with Crippen LogP contribution in [0.5, 0.6) is 0 Å². The summed E-state index contributed by atoms with van der Waals surface area (Å²) in [6.07, 6.45) is 9.34. The topological polar surface area (TPSA) is 46.3 Å². The van der Waals surface area contributed by atoms with Gasteiger partial charge in [-0.3, -0.25) is 9.69 Å². The SMILES string of the molecule is CC(C)(C)c1cc(CC(=O)[C@@H]2CCCN2CC2CCCCC2)on1. The third-order valence-corrected chi connectivity index (χ3v) is 5.63. The Labute approximate surface area is 146 Å². The molecule has 1 saturated heterocycles. The van der Waals surface area contributed by atoms with E-state index in [4.69, 9.17) is 4.52 Å². The van der Waals surface area contributed by atoms with Gasteiger partial charge in [-0.05, 0) is 38.1 Å². The van der Waals surface area contributed by atoms with E-state index < -0.39 is 0 Å². The molecule has 2 fully saturated rings. The van der Waals surface area contributed by atoms with Crippen LogP contribution in [0, 0.1) is 5.92 Å². The van der Waals surface area contributed by atoms with Gasteiger partial charge in [0.15, 0.2) is 5.78 Å². The minimum Gasteiger partial charge on any atom is -0.361 e. The molecule has 1 aromatic rings. The van der Waals surface area contributed by atoms with Crippen LogP contribution in [-0.2, 0) is 16.6 Å². The molecule has 1 aliphatic carbocycles. The fourth-order valence-electron chi connectivity index (χ4n) is 4.15. The summed E-state index contributed by atoms with van der Waals surface area (Å²) in [7, 11) is 0. The number of aromatic nitrogens is 1. The van der Waals surface area contributed by atoms with Gasteiger partial charge in [-0.2, -0.15) is 0 Å². The van der Waals surface area contributed by atoms with E-state index in [1.807, 2.05) is 6.07 Å². The van der Waals surface area contributed by atoms with Crippen molar-refractivity contribution in [2.75, 3.05) is 13.1 Å². The summed E-state index contributed by atoms with van der Waals surface area (Å²) >= 11 is 0. The lowest BCUT2D eigenvalue weighted by atomic mass is 9.88. The first-order valence-corrected chi connectivity index (χ1v) is 9.66. The normalized spacial score (nSPS) is 23.7. The molecular weight excluding hydrogens is 300 g/mol. The second kappa shape index (κ2) is 7.38. The monoisotopic (exact) mass is 332 g/mol. The summed E-state index contributed by atoms with van der Waals surface area (Å²) in [4.78, 5) is 15.2. The van der Waals surface area contributed by atoms with Crippen LogP contribution in [0.4, 0.5) is 0 Å². The molecule has 2 heterocycles. The standard InChI is InChI=1S/C20H32N2O2/c1-20(2,3)19-13-16(24-21-19)12-18(23)17-10-7-11-22(17)14-15-8-5-4-6-9-15/h13,15,17H,4-12,14H2,1-3H3/t17-/m0/s1. The van der Waals surface area contributed by atoms with Gasteiger partial charge in [0.1, 0.15) is 5.76 Å². The largest absolute Gasteiger partial charge is 0.361 e. The summed E-state index contributed by atoms with van der Waals surface area (Å²) in [5.41, 5.74) is 0.890. The van der Waals surface area contributed by atoms with Crippen LogP contribution in [0.15, 0.2) is 10.6 Å². The van der Waals surface area contributed by atoms with Crippen molar-refractivity contribution in [3.05, 3.63) is 17.5 Å². The van der Waals surface area contributed by atoms with Crippen LogP contribution in [0.3, 0.4) is 0 Å². The predicted molar refractivity (Wildman–Crippen MR) is 95.1 cm³/mol. The molecule has 0 aromatic carbocycles. The first kappa shape index (κ1) is 17.7. The number of nitrogens with zero attached hydrogens (tertiary/aromatic N) is 2. The van der Waals surface area contributed by atoms with Gasteiger partial charge in [0.05, 0.1) is 18.2 Å². The van der Waals surface area contributed by atoms with E-state index >= 15 is 0 Å². The van der Waals surface area contributed by atoms with E-state index in [2.05, 4.69) is 30.8 Å². The predicted octanol–water partition coefficient (Wildman–Crippen LogP) is 4.13. The molecule has 0 amide bonds. The molecule has 0 N–H and O–H groups in total. The van der Waals surface area contributed by atoms with E-state index in [9.17, 15) is 4.79 Å². The van der Waals surface area contributed by atoms with Gasteiger partial charge in [-0.1, -0.05) is 45.2 Å². The van der Waals surface area contributed by atoms with E-state index in [0.717, 1.165) is 43.3 Å². The molecule has 1 aliphatic heterocycles. The van der Waals surface area contributed by atoms with Crippen molar-refractivity contribution in [1.82, 2.24) is 10.1 Å². The van der Waals surface area contributed by atoms with Crippen LogP contribution < -0.4 is 0 Å². The highest BCUT2D eigenvalue weighted by Crippen LogP contribution is 2.28. The molecule has 4 nitrogen and oxygen atoms in total. The second-order valence-corrected chi connectivity index (χ2v) is 8.73.